The number of aryl methyl sites for hydroxylation is 1. The molecule has 1 aliphatic rings. The number of fused-ring (bicyclic) bond motifs is 1. The average molecular weight is 315 g/mol. The number of nitrogens with zero attached hydrogens (tertiary/aromatic N) is 2. The highest BCUT2D eigenvalue weighted by atomic mass is 16.5. The van der Waals surface area contributed by atoms with Crippen molar-refractivity contribution in [2.75, 3.05) is 0 Å². The topological polar surface area (TPSA) is 68.0 Å². The second-order valence-corrected chi connectivity index (χ2v) is 7.14. The smallest absolute Gasteiger partial charge is 0.259 e. The maximum atomic E-state index is 12.9. The van der Waals surface area contributed by atoms with Crippen molar-refractivity contribution in [3.8, 4) is 0 Å². The zero-order valence-corrected chi connectivity index (χ0v) is 14.3. The van der Waals surface area contributed by atoms with E-state index in [1.807, 2.05) is 13.0 Å². The van der Waals surface area contributed by atoms with Crippen molar-refractivity contribution in [1.82, 2.24) is 15.5 Å². The minimum Gasteiger partial charge on any atom is -0.349 e. The van der Waals surface area contributed by atoms with Crippen LogP contribution in [-0.4, -0.2) is 22.1 Å². The van der Waals surface area contributed by atoms with Crippen LogP contribution < -0.4 is 5.32 Å². The highest BCUT2D eigenvalue weighted by Crippen LogP contribution is 2.27. The van der Waals surface area contributed by atoms with Gasteiger partial charge in [-0.15, -0.1) is 0 Å². The number of nitrogens with one attached hydrogen (secondary N) is 1. The molecule has 1 saturated carbocycles. The fraction of sp³-hybridized carbons (Fsp3) is 0.611. The molecule has 23 heavy (non-hydrogen) atoms. The number of hydrogen-bond donors (Lipinski definition) is 1. The van der Waals surface area contributed by atoms with Crippen molar-refractivity contribution in [3.63, 3.8) is 0 Å². The third kappa shape index (κ3) is 3.23. The molecule has 1 N–H and O–H groups in total. The first-order chi connectivity index (χ1) is 11.0. The Morgan fingerprint density at radius 1 is 1.39 bits per heavy atom. The van der Waals surface area contributed by atoms with Gasteiger partial charge >= 0.3 is 0 Å². The number of pyridine rings is 1. The van der Waals surface area contributed by atoms with Gasteiger partial charge in [0.2, 0.25) is 0 Å². The normalized spacial score (nSPS) is 21.8. The summed E-state index contributed by atoms with van der Waals surface area (Å²) in [7, 11) is 0. The molecule has 2 heterocycles. The van der Waals surface area contributed by atoms with Gasteiger partial charge in [0.25, 0.3) is 11.6 Å². The second kappa shape index (κ2) is 6.30. The van der Waals surface area contributed by atoms with Crippen molar-refractivity contribution < 1.29 is 9.32 Å². The largest absolute Gasteiger partial charge is 0.349 e. The van der Waals surface area contributed by atoms with Gasteiger partial charge in [0.15, 0.2) is 0 Å². The second-order valence-electron chi connectivity index (χ2n) is 7.14. The maximum Gasteiger partial charge on any atom is 0.259 e. The Morgan fingerprint density at radius 2 is 2.17 bits per heavy atom. The molecule has 2 unspecified atom stereocenters. The highest BCUT2D eigenvalue weighted by Gasteiger charge is 2.24. The van der Waals surface area contributed by atoms with Gasteiger partial charge in [-0.2, -0.15) is 0 Å². The van der Waals surface area contributed by atoms with Gasteiger partial charge in [0.05, 0.1) is 16.6 Å². The summed E-state index contributed by atoms with van der Waals surface area (Å²) in [4.78, 5) is 17.3. The summed E-state index contributed by atoms with van der Waals surface area (Å²) >= 11 is 0. The molecule has 124 valence electrons. The molecule has 0 saturated heterocycles. The molecule has 5 heteroatoms. The minimum absolute atomic E-state index is 0.0373. The van der Waals surface area contributed by atoms with Crippen LogP contribution in [0.5, 0.6) is 0 Å². The van der Waals surface area contributed by atoms with E-state index in [0.717, 1.165) is 23.9 Å². The lowest BCUT2D eigenvalue weighted by atomic mass is 9.87. The SMILES string of the molecule is Cc1noc2nc(C(C)C)cc(C(=O)NC3CCCC(C)C3)c12. The lowest BCUT2D eigenvalue weighted by Gasteiger charge is -2.27. The van der Waals surface area contributed by atoms with E-state index in [1.165, 1.54) is 12.8 Å². The number of amides is 1. The molecule has 1 amide bonds. The lowest BCUT2D eigenvalue weighted by Crippen LogP contribution is -2.38. The summed E-state index contributed by atoms with van der Waals surface area (Å²) < 4.78 is 5.30. The number of carbonyl (C=O) groups is 1. The highest BCUT2D eigenvalue weighted by molar-refractivity contribution is 6.06. The molecule has 1 fully saturated rings. The van der Waals surface area contributed by atoms with Crippen molar-refractivity contribution in [2.45, 2.75) is 65.3 Å². The minimum atomic E-state index is -0.0373. The molecular formula is C18H25N3O2. The first-order valence-electron chi connectivity index (χ1n) is 8.53. The third-order valence-corrected chi connectivity index (χ3v) is 4.74. The molecular weight excluding hydrogens is 290 g/mol. The number of rotatable bonds is 3. The molecule has 3 rings (SSSR count). The molecule has 2 aromatic rings. The summed E-state index contributed by atoms with van der Waals surface area (Å²) in [6.45, 7) is 8.22. The van der Waals surface area contributed by atoms with Crippen molar-refractivity contribution in [2.24, 2.45) is 5.92 Å². The summed E-state index contributed by atoms with van der Waals surface area (Å²) in [5, 5.41) is 7.92. The zero-order chi connectivity index (χ0) is 16.6. The number of hydrogen-bond acceptors (Lipinski definition) is 4. The zero-order valence-electron chi connectivity index (χ0n) is 14.3. The van der Waals surface area contributed by atoms with E-state index in [0.29, 0.717) is 22.9 Å². The van der Waals surface area contributed by atoms with Crippen LogP contribution in [0.1, 0.15) is 74.1 Å². The Bertz CT molecular complexity index is 720. The van der Waals surface area contributed by atoms with Gasteiger partial charge in [-0.25, -0.2) is 4.98 Å². The molecule has 1 aliphatic carbocycles. The first kappa shape index (κ1) is 16.0. The van der Waals surface area contributed by atoms with Gasteiger partial charge in [0.1, 0.15) is 0 Å². The Morgan fingerprint density at radius 3 is 2.87 bits per heavy atom. The van der Waals surface area contributed by atoms with E-state index in [1.54, 1.807) is 0 Å². The quantitative estimate of drug-likeness (QED) is 0.930. The van der Waals surface area contributed by atoms with Crippen LogP contribution in [0.25, 0.3) is 11.1 Å². The van der Waals surface area contributed by atoms with Crippen LogP contribution in [0.3, 0.4) is 0 Å². The van der Waals surface area contributed by atoms with Gasteiger partial charge in [-0.1, -0.05) is 38.8 Å². The van der Waals surface area contributed by atoms with E-state index in [4.69, 9.17) is 4.52 Å². The van der Waals surface area contributed by atoms with Crippen molar-refractivity contribution in [3.05, 3.63) is 23.0 Å². The van der Waals surface area contributed by atoms with E-state index in [2.05, 4.69) is 36.2 Å². The third-order valence-electron chi connectivity index (χ3n) is 4.74. The summed E-state index contributed by atoms with van der Waals surface area (Å²) in [5.41, 5.74) is 2.66. The fourth-order valence-corrected chi connectivity index (χ4v) is 3.42. The Hall–Kier alpha value is -1.91. The van der Waals surface area contributed by atoms with E-state index in [-0.39, 0.29) is 17.9 Å². The molecule has 0 bridgehead atoms. The Labute approximate surface area is 136 Å². The van der Waals surface area contributed by atoms with Gasteiger partial charge < -0.3 is 9.84 Å². The van der Waals surface area contributed by atoms with Gasteiger partial charge in [0, 0.05) is 11.7 Å². The van der Waals surface area contributed by atoms with E-state index >= 15 is 0 Å². The summed E-state index contributed by atoms with van der Waals surface area (Å²) in [6, 6.07) is 2.15. The number of aromatic nitrogens is 2. The molecule has 2 atom stereocenters. The number of carbonyl (C=O) groups excluding carboxylic acids is 1. The van der Waals surface area contributed by atoms with Crippen molar-refractivity contribution >= 4 is 17.0 Å². The van der Waals surface area contributed by atoms with Crippen LogP contribution in [-0.2, 0) is 0 Å². The fourth-order valence-electron chi connectivity index (χ4n) is 3.42. The Balaban J connectivity index is 1.93. The van der Waals surface area contributed by atoms with Crippen LogP contribution in [0.15, 0.2) is 10.6 Å². The Kier molecular flexibility index (Phi) is 4.37. The van der Waals surface area contributed by atoms with E-state index in [9.17, 15) is 4.79 Å². The average Bonchev–Trinajstić information content (AvgIpc) is 2.88. The van der Waals surface area contributed by atoms with Crippen LogP contribution >= 0.6 is 0 Å². The van der Waals surface area contributed by atoms with Crippen LogP contribution in [0, 0.1) is 12.8 Å². The maximum absolute atomic E-state index is 12.9. The van der Waals surface area contributed by atoms with Crippen molar-refractivity contribution in [1.29, 1.82) is 0 Å². The van der Waals surface area contributed by atoms with E-state index < -0.39 is 0 Å². The summed E-state index contributed by atoms with van der Waals surface area (Å²) in [6.07, 6.45) is 4.55. The molecule has 0 aromatic carbocycles. The van der Waals surface area contributed by atoms with Gasteiger partial charge in [-0.05, 0) is 37.7 Å². The lowest BCUT2D eigenvalue weighted by molar-refractivity contribution is 0.0923. The molecule has 5 nitrogen and oxygen atoms in total. The molecule has 2 aromatic heterocycles. The predicted molar refractivity (Wildman–Crippen MR) is 89.5 cm³/mol. The first-order valence-corrected chi connectivity index (χ1v) is 8.53. The van der Waals surface area contributed by atoms with Crippen LogP contribution in [0.4, 0.5) is 0 Å². The molecule has 0 spiro atoms. The molecule has 0 radical (unpaired) electrons. The monoisotopic (exact) mass is 315 g/mol. The van der Waals surface area contributed by atoms with Gasteiger partial charge in [-0.3, -0.25) is 4.79 Å². The van der Waals surface area contributed by atoms with Crippen LogP contribution in [0.2, 0.25) is 0 Å². The predicted octanol–water partition coefficient (Wildman–Crippen LogP) is 3.96. The standard InChI is InChI=1S/C18H25N3O2/c1-10(2)15-9-14(16-12(4)21-23-18(16)20-15)17(22)19-13-7-5-6-11(3)8-13/h9-11,13H,5-8H2,1-4H3,(H,19,22). The molecule has 0 aliphatic heterocycles. The summed E-state index contributed by atoms with van der Waals surface area (Å²) in [5.74, 6) is 0.867.